The maximum atomic E-state index is 12.8. The molecule has 3 aromatic carbocycles. The van der Waals surface area contributed by atoms with E-state index in [-0.39, 0.29) is 4.90 Å². The van der Waals surface area contributed by atoms with Crippen LogP contribution in [-0.4, -0.2) is 28.5 Å². The molecule has 0 aliphatic heterocycles. The zero-order valence-corrected chi connectivity index (χ0v) is 18.4. The lowest BCUT2D eigenvalue weighted by atomic mass is 10.2. The predicted octanol–water partition coefficient (Wildman–Crippen LogP) is 5.08. The lowest BCUT2D eigenvalue weighted by Crippen LogP contribution is -2.26. The van der Waals surface area contributed by atoms with E-state index in [2.05, 4.69) is 5.32 Å². The molecule has 0 saturated heterocycles. The van der Waals surface area contributed by atoms with Gasteiger partial charge in [-0.25, -0.2) is 8.42 Å². The minimum atomic E-state index is -3.76. The summed E-state index contributed by atoms with van der Waals surface area (Å²) < 4.78 is 31.9. The van der Waals surface area contributed by atoms with Gasteiger partial charge in [-0.3, -0.25) is 9.10 Å². The molecule has 3 aromatic rings. The number of sulfonamides is 1. The summed E-state index contributed by atoms with van der Waals surface area (Å²) in [6.45, 7) is 0. The first-order valence-corrected chi connectivity index (χ1v) is 10.9. The Hall–Kier alpha value is -2.74. The van der Waals surface area contributed by atoms with E-state index in [0.717, 1.165) is 4.31 Å². The highest BCUT2D eigenvalue weighted by molar-refractivity contribution is 7.92. The molecule has 3 rings (SSSR count). The standard InChI is InChI=1S/C21H18Cl2N2O4S/c1-25(30(27,28)18-10-8-17(29-2)9-11-18)16-6-3-14(4-7-16)21(26)24-20-13-15(22)5-12-19(20)23/h3-13H,1-2H3,(H,24,26). The normalized spacial score (nSPS) is 11.1. The maximum absolute atomic E-state index is 12.8. The number of methoxy groups -OCH3 is 1. The number of ether oxygens (including phenoxy) is 1. The largest absolute Gasteiger partial charge is 0.497 e. The fourth-order valence-electron chi connectivity index (χ4n) is 2.66. The minimum absolute atomic E-state index is 0.128. The van der Waals surface area contributed by atoms with E-state index in [1.165, 1.54) is 38.4 Å². The van der Waals surface area contributed by atoms with Gasteiger partial charge in [0.1, 0.15) is 5.75 Å². The monoisotopic (exact) mass is 464 g/mol. The van der Waals surface area contributed by atoms with Crippen LogP contribution in [0.4, 0.5) is 11.4 Å². The molecule has 1 amide bonds. The van der Waals surface area contributed by atoms with Gasteiger partial charge in [-0.15, -0.1) is 0 Å². The van der Waals surface area contributed by atoms with Crippen LogP contribution in [0, 0.1) is 0 Å². The first-order chi connectivity index (χ1) is 14.2. The van der Waals surface area contributed by atoms with Crippen molar-refractivity contribution in [3.8, 4) is 5.75 Å². The van der Waals surface area contributed by atoms with Crippen LogP contribution < -0.4 is 14.4 Å². The average Bonchev–Trinajstić information content (AvgIpc) is 2.75. The van der Waals surface area contributed by atoms with Gasteiger partial charge in [0.2, 0.25) is 0 Å². The van der Waals surface area contributed by atoms with E-state index < -0.39 is 15.9 Å². The predicted molar refractivity (Wildman–Crippen MR) is 119 cm³/mol. The third-order valence-electron chi connectivity index (χ3n) is 4.39. The van der Waals surface area contributed by atoms with Crippen molar-refractivity contribution in [3.05, 3.63) is 82.3 Å². The zero-order valence-electron chi connectivity index (χ0n) is 16.1. The molecule has 0 aromatic heterocycles. The number of amides is 1. The maximum Gasteiger partial charge on any atom is 0.264 e. The Kier molecular flexibility index (Phi) is 6.55. The van der Waals surface area contributed by atoms with Crippen molar-refractivity contribution in [1.82, 2.24) is 0 Å². The lowest BCUT2D eigenvalue weighted by Gasteiger charge is -2.20. The van der Waals surface area contributed by atoms with E-state index in [0.29, 0.717) is 32.7 Å². The van der Waals surface area contributed by atoms with Crippen molar-refractivity contribution in [3.63, 3.8) is 0 Å². The van der Waals surface area contributed by atoms with Gasteiger partial charge in [0.05, 0.1) is 28.4 Å². The average molecular weight is 465 g/mol. The quantitative estimate of drug-likeness (QED) is 0.551. The molecule has 6 nitrogen and oxygen atoms in total. The highest BCUT2D eigenvalue weighted by Gasteiger charge is 2.21. The number of halogens is 2. The number of rotatable bonds is 6. The molecule has 0 aliphatic carbocycles. The van der Waals surface area contributed by atoms with Crippen LogP contribution in [0.3, 0.4) is 0 Å². The molecular formula is C21H18Cl2N2O4S. The molecule has 0 fully saturated rings. The summed E-state index contributed by atoms with van der Waals surface area (Å²) in [6, 6.07) is 17.0. The Morgan fingerprint density at radius 1 is 0.967 bits per heavy atom. The third-order valence-corrected chi connectivity index (χ3v) is 6.75. The lowest BCUT2D eigenvalue weighted by molar-refractivity contribution is 0.102. The van der Waals surface area contributed by atoms with Gasteiger partial charge >= 0.3 is 0 Å². The number of benzene rings is 3. The van der Waals surface area contributed by atoms with E-state index >= 15 is 0 Å². The Morgan fingerprint density at radius 2 is 1.60 bits per heavy atom. The topological polar surface area (TPSA) is 75.7 Å². The second-order valence-electron chi connectivity index (χ2n) is 6.27. The number of carbonyl (C=O) groups is 1. The molecule has 30 heavy (non-hydrogen) atoms. The summed E-state index contributed by atoms with van der Waals surface area (Å²) in [4.78, 5) is 12.6. The Labute approximate surface area is 185 Å². The van der Waals surface area contributed by atoms with Crippen molar-refractivity contribution in [2.24, 2.45) is 0 Å². The molecule has 0 unspecified atom stereocenters. The summed E-state index contributed by atoms with van der Waals surface area (Å²) in [5.74, 6) is 0.165. The first-order valence-electron chi connectivity index (χ1n) is 8.72. The van der Waals surface area contributed by atoms with Gasteiger partial charge in [0, 0.05) is 17.6 Å². The summed E-state index contributed by atoms with van der Waals surface area (Å²) in [6.07, 6.45) is 0. The number of anilines is 2. The fourth-order valence-corrected chi connectivity index (χ4v) is 4.19. The van der Waals surface area contributed by atoms with Crippen molar-refractivity contribution >= 4 is 50.5 Å². The SMILES string of the molecule is COc1ccc(S(=O)(=O)N(C)c2ccc(C(=O)Nc3cc(Cl)ccc3Cl)cc2)cc1. The highest BCUT2D eigenvalue weighted by atomic mass is 35.5. The van der Waals surface area contributed by atoms with Gasteiger partial charge in [0.15, 0.2) is 0 Å². The first kappa shape index (κ1) is 22.0. The van der Waals surface area contributed by atoms with Crippen LogP contribution in [0.5, 0.6) is 5.75 Å². The van der Waals surface area contributed by atoms with Crippen molar-refractivity contribution in [2.75, 3.05) is 23.8 Å². The van der Waals surface area contributed by atoms with Gasteiger partial charge in [0.25, 0.3) is 15.9 Å². The number of carbonyl (C=O) groups excluding carboxylic acids is 1. The molecule has 0 heterocycles. The molecule has 1 N–H and O–H groups in total. The Balaban J connectivity index is 1.78. The third kappa shape index (κ3) is 4.70. The molecule has 0 spiro atoms. The van der Waals surface area contributed by atoms with Gasteiger partial charge in [-0.05, 0) is 66.7 Å². The van der Waals surface area contributed by atoms with Crippen LogP contribution in [0.2, 0.25) is 10.0 Å². The molecule has 156 valence electrons. The van der Waals surface area contributed by atoms with Crippen LogP contribution in [-0.2, 0) is 10.0 Å². The second-order valence-corrected chi connectivity index (χ2v) is 9.09. The smallest absolute Gasteiger partial charge is 0.264 e. The van der Waals surface area contributed by atoms with Gasteiger partial charge in [-0.1, -0.05) is 23.2 Å². The highest BCUT2D eigenvalue weighted by Crippen LogP contribution is 2.27. The molecule has 9 heteroatoms. The van der Waals surface area contributed by atoms with Crippen LogP contribution >= 0.6 is 23.2 Å². The number of hydrogen-bond donors (Lipinski definition) is 1. The molecule has 0 bridgehead atoms. The van der Waals surface area contributed by atoms with Gasteiger partial charge < -0.3 is 10.1 Å². The zero-order chi connectivity index (χ0) is 21.9. The van der Waals surface area contributed by atoms with Gasteiger partial charge in [-0.2, -0.15) is 0 Å². The Bertz CT molecular complexity index is 1160. The van der Waals surface area contributed by atoms with E-state index in [9.17, 15) is 13.2 Å². The van der Waals surface area contributed by atoms with Crippen LogP contribution in [0.25, 0.3) is 0 Å². The number of hydrogen-bond acceptors (Lipinski definition) is 4. The molecular weight excluding hydrogens is 447 g/mol. The summed E-state index contributed by atoms with van der Waals surface area (Å²) in [5.41, 5.74) is 1.13. The number of nitrogens with one attached hydrogen (secondary N) is 1. The van der Waals surface area contributed by atoms with E-state index in [1.807, 2.05) is 0 Å². The van der Waals surface area contributed by atoms with Crippen LogP contribution in [0.1, 0.15) is 10.4 Å². The Morgan fingerprint density at radius 3 is 2.20 bits per heavy atom. The minimum Gasteiger partial charge on any atom is -0.497 e. The summed E-state index contributed by atoms with van der Waals surface area (Å²) in [7, 11) is -0.811. The van der Waals surface area contributed by atoms with Crippen LogP contribution in [0.15, 0.2) is 71.6 Å². The molecule has 0 saturated carbocycles. The fraction of sp³-hybridized carbons (Fsp3) is 0.0952. The molecule has 0 radical (unpaired) electrons. The van der Waals surface area contributed by atoms with E-state index in [1.54, 1.807) is 42.5 Å². The number of nitrogens with zero attached hydrogens (tertiary/aromatic N) is 1. The molecule has 0 aliphatic rings. The summed E-state index contributed by atoms with van der Waals surface area (Å²) in [5, 5.41) is 3.48. The second kappa shape index (κ2) is 8.95. The molecule has 0 atom stereocenters. The van der Waals surface area contributed by atoms with Crippen molar-refractivity contribution in [1.29, 1.82) is 0 Å². The van der Waals surface area contributed by atoms with Crippen molar-refractivity contribution < 1.29 is 17.9 Å². The summed E-state index contributed by atoms with van der Waals surface area (Å²) >= 11 is 12.0. The van der Waals surface area contributed by atoms with E-state index in [4.69, 9.17) is 27.9 Å². The van der Waals surface area contributed by atoms with Crippen molar-refractivity contribution in [2.45, 2.75) is 4.90 Å².